The first-order chi connectivity index (χ1) is 4.91. The van der Waals surface area contributed by atoms with Gasteiger partial charge < -0.3 is 15.3 Å². The minimum Gasteiger partial charge on any atom is -0.479 e. The van der Waals surface area contributed by atoms with Gasteiger partial charge in [0.25, 0.3) is 0 Å². The van der Waals surface area contributed by atoms with E-state index in [0.29, 0.717) is 0 Å². The number of hydrogen-bond donors (Lipinski definition) is 3. The number of aliphatic hydroxyl groups excluding tert-OH is 2. The molecular formula is C6H11NO4. The summed E-state index contributed by atoms with van der Waals surface area (Å²) in [6, 6.07) is 1.58. The molecule has 11 heavy (non-hydrogen) atoms. The van der Waals surface area contributed by atoms with Crippen molar-refractivity contribution in [3.8, 4) is 6.07 Å². The molecule has 0 saturated heterocycles. The molecule has 0 aliphatic rings. The quantitative estimate of drug-likeness (QED) is 0.443. The van der Waals surface area contributed by atoms with Crippen molar-refractivity contribution < 1.29 is 20.1 Å². The van der Waals surface area contributed by atoms with Crippen LogP contribution in [0.2, 0.25) is 0 Å². The predicted octanol–water partition coefficient (Wildman–Crippen LogP) is -0.657. The van der Waals surface area contributed by atoms with Crippen LogP contribution in [0.4, 0.5) is 0 Å². The lowest BCUT2D eigenvalue weighted by Crippen LogP contribution is -2.13. The van der Waals surface area contributed by atoms with Gasteiger partial charge in [-0.2, -0.15) is 5.26 Å². The highest BCUT2D eigenvalue weighted by Crippen LogP contribution is 1.73. The highest BCUT2D eigenvalue weighted by atomic mass is 16.4. The average Bonchev–Trinajstić information content (AvgIpc) is 1.89. The Morgan fingerprint density at radius 1 is 1.45 bits per heavy atom. The fourth-order valence-electron chi connectivity index (χ4n) is 0. The molecule has 0 aliphatic heterocycles. The molecule has 64 valence electrons. The fourth-order valence-corrected chi connectivity index (χ4v) is 0. The summed E-state index contributed by atoms with van der Waals surface area (Å²) in [5.41, 5.74) is 0. The molecule has 3 N–H and O–H groups in total. The molecule has 0 saturated carbocycles. The van der Waals surface area contributed by atoms with Crippen LogP contribution in [0.3, 0.4) is 0 Å². The smallest absolute Gasteiger partial charge is 0.332 e. The van der Waals surface area contributed by atoms with E-state index in [1.54, 1.807) is 6.07 Å². The Kier molecular flexibility index (Phi) is 7.98. The zero-order valence-corrected chi connectivity index (χ0v) is 6.35. The first-order valence-electron chi connectivity index (χ1n) is 2.90. The maximum absolute atomic E-state index is 9.45. The molecule has 0 aliphatic carbocycles. The van der Waals surface area contributed by atoms with Crippen molar-refractivity contribution in [3.63, 3.8) is 0 Å². The number of aliphatic hydroxyl groups is 2. The van der Waals surface area contributed by atoms with Crippen molar-refractivity contribution in [1.82, 2.24) is 0 Å². The third-order valence-electron chi connectivity index (χ3n) is 0.544. The number of rotatable bonds is 1. The van der Waals surface area contributed by atoms with E-state index in [-0.39, 0.29) is 0 Å². The third-order valence-corrected chi connectivity index (χ3v) is 0.544. The van der Waals surface area contributed by atoms with Crippen LogP contribution in [-0.2, 0) is 4.79 Å². The molecule has 0 aromatic carbocycles. The van der Waals surface area contributed by atoms with Gasteiger partial charge in [-0.25, -0.2) is 4.79 Å². The van der Waals surface area contributed by atoms with E-state index in [2.05, 4.69) is 0 Å². The van der Waals surface area contributed by atoms with Gasteiger partial charge in [0.2, 0.25) is 0 Å². The van der Waals surface area contributed by atoms with Crippen LogP contribution >= 0.6 is 0 Å². The van der Waals surface area contributed by atoms with Crippen LogP contribution in [0, 0.1) is 11.3 Å². The minimum atomic E-state index is -1.23. The molecule has 0 aromatic heterocycles. The van der Waals surface area contributed by atoms with Gasteiger partial charge >= 0.3 is 5.97 Å². The van der Waals surface area contributed by atoms with Crippen molar-refractivity contribution in [2.75, 3.05) is 0 Å². The highest BCUT2D eigenvalue weighted by molar-refractivity contribution is 5.71. The van der Waals surface area contributed by atoms with E-state index in [9.17, 15) is 4.79 Å². The van der Waals surface area contributed by atoms with E-state index >= 15 is 0 Å². The topological polar surface area (TPSA) is 102 Å². The number of hydrogen-bond acceptors (Lipinski definition) is 4. The minimum absolute atomic E-state index is 0.810. The summed E-state index contributed by atoms with van der Waals surface area (Å²) in [5.74, 6) is -1.19. The van der Waals surface area contributed by atoms with E-state index in [4.69, 9.17) is 20.6 Å². The Labute approximate surface area is 64.5 Å². The lowest BCUT2D eigenvalue weighted by Gasteiger charge is -1.89. The average molecular weight is 161 g/mol. The van der Waals surface area contributed by atoms with E-state index in [1.807, 2.05) is 0 Å². The summed E-state index contributed by atoms with van der Waals surface area (Å²) in [4.78, 5) is 9.45. The fraction of sp³-hybridized carbons (Fsp3) is 0.667. The van der Waals surface area contributed by atoms with Gasteiger partial charge in [-0.1, -0.05) is 0 Å². The normalized spacial score (nSPS) is 13.4. The molecule has 0 amide bonds. The molecule has 0 bridgehead atoms. The van der Waals surface area contributed by atoms with Gasteiger partial charge in [0.1, 0.15) is 12.2 Å². The standard InChI is InChI=1S/C3H5NO.C3H6O3/c1-3(5)2-4;1-2(4)3(5)6/h3,5H,1H3;2,4H,1H3,(H,5,6). The first kappa shape index (κ1) is 12.5. The Morgan fingerprint density at radius 3 is 1.64 bits per heavy atom. The Balaban J connectivity index is 0. The van der Waals surface area contributed by atoms with E-state index in [1.165, 1.54) is 13.8 Å². The van der Waals surface area contributed by atoms with Crippen molar-refractivity contribution in [2.24, 2.45) is 0 Å². The highest BCUT2D eigenvalue weighted by Gasteiger charge is 2.01. The summed E-state index contributed by atoms with van der Waals surface area (Å²) in [5, 5.41) is 31.4. The molecule has 5 heteroatoms. The van der Waals surface area contributed by atoms with Gasteiger partial charge in [-0.15, -0.1) is 0 Å². The van der Waals surface area contributed by atoms with Crippen LogP contribution in [0.1, 0.15) is 13.8 Å². The van der Waals surface area contributed by atoms with Crippen molar-refractivity contribution >= 4 is 5.97 Å². The maximum atomic E-state index is 9.45. The Bertz CT molecular complexity index is 147. The van der Waals surface area contributed by atoms with Crippen molar-refractivity contribution in [1.29, 1.82) is 5.26 Å². The molecule has 5 nitrogen and oxygen atoms in total. The largest absolute Gasteiger partial charge is 0.479 e. The Morgan fingerprint density at radius 2 is 1.64 bits per heavy atom. The number of carboxylic acids is 1. The second-order valence-electron chi connectivity index (χ2n) is 1.82. The van der Waals surface area contributed by atoms with Crippen LogP contribution in [0.25, 0.3) is 0 Å². The summed E-state index contributed by atoms with van der Waals surface area (Å²) >= 11 is 0. The molecule has 2 atom stereocenters. The van der Waals surface area contributed by atoms with Gasteiger partial charge in [-0.3, -0.25) is 0 Å². The number of carboxylic acid groups (broad SMARTS) is 1. The van der Waals surface area contributed by atoms with Crippen LogP contribution in [0.5, 0.6) is 0 Å². The Hall–Kier alpha value is -1.12. The van der Waals surface area contributed by atoms with Gasteiger partial charge in [-0.05, 0) is 13.8 Å². The molecule has 0 fully saturated rings. The molecule has 0 aromatic rings. The van der Waals surface area contributed by atoms with Gasteiger partial charge in [0.05, 0.1) is 6.07 Å². The van der Waals surface area contributed by atoms with E-state index < -0.39 is 18.2 Å². The SMILES string of the molecule is CC(O)C#N.CC(O)C(=O)O. The molecule has 2 unspecified atom stereocenters. The summed E-state index contributed by atoms with van der Waals surface area (Å²) in [6.07, 6.45) is -2.04. The zero-order valence-electron chi connectivity index (χ0n) is 6.35. The summed E-state index contributed by atoms with van der Waals surface area (Å²) < 4.78 is 0. The van der Waals surface area contributed by atoms with Gasteiger partial charge in [0, 0.05) is 0 Å². The summed E-state index contributed by atoms with van der Waals surface area (Å²) in [7, 11) is 0. The zero-order chi connectivity index (χ0) is 9.44. The van der Waals surface area contributed by atoms with E-state index in [0.717, 1.165) is 0 Å². The number of aliphatic carboxylic acids is 1. The third kappa shape index (κ3) is 17.7. The van der Waals surface area contributed by atoms with Crippen molar-refractivity contribution in [3.05, 3.63) is 0 Å². The van der Waals surface area contributed by atoms with Crippen molar-refractivity contribution in [2.45, 2.75) is 26.1 Å². The summed E-state index contributed by atoms with van der Waals surface area (Å²) in [6.45, 7) is 2.61. The molecule has 0 spiro atoms. The molecular weight excluding hydrogens is 150 g/mol. The van der Waals surface area contributed by atoms with Crippen LogP contribution in [0.15, 0.2) is 0 Å². The second kappa shape index (κ2) is 6.99. The molecule has 0 heterocycles. The predicted molar refractivity (Wildman–Crippen MR) is 36.6 cm³/mol. The molecule has 0 radical (unpaired) electrons. The maximum Gasteiger partial charge on any atom is 0.332 e. The monoisotopic (exact) mass is 161 g/mol. The lowest BCUT2D eigenvalue weighted by atomic mass is 10.4. The second-order valence-corrected chi connectivity index (χ2v) is 1.82. The first-order valence-corrected chi connectivity index (χ1v) is 2.90. The molecule has 0 rings (SSSR count). The van der Waals surface area contributed by atoms with Gasteiger partial charge in [0.15, 0.2) is 0 Å². The number of nitriles is 1. The van der Waals surface area contributed by atoms with Crippen LogP contribution in [-0.4, -0.2) is 33.5 Å². The van der Waals surface area contributed by atoms with Crippen LogP contribution < -0.4 is 0 Å². The lowest BCUT2D eigenvalue weighted by molar-refractivity contribution is -0.145. The number of nitrogens with zero attached hydrogens (tertiary/aromatic N) is 1. The number of carbonyl (C=O) groups is 1.